The molecular weight excluding hydrogens is 291 g/mol. The Morgan fingerprint density at radius 2 is 1.95 bits per heavy atom. The summed E-state index contributed by atoms with van der Waals surface area (Å²) in [4.78, 5) is -0.0830. The molecule has 7 heteroatoms. The first-order chi connectivity index (χ1) is 8.93. The molecule has 0 radical (unpaired) electrons. The summed E-state index contributed by atoms with van der Waals surface area (Å²) in [5.74, 6) is -0.642. The van der Waals surface area contributed by atoms with Gasteiger partial charge in [0.05, 0.1) is 4.90 Å². The van der Waals surface area contributed by atoms with E-state index in [0.717, 1.165) is 25.0 Å². The zero-order chi connectivity index (χ0) is 14.0. The molecule has 2 rings (SSSR count). The average molecular weight is 307 g/mol. The Balaban J connectivity index is 2.23. The van der Waals surface area contributed by atoms with E-state index >= 15 is 0 Å². The molecule has 1 fully saturated rings. The van der Waals surface area contributed by atoms with Crippen molar-refractivity contribution in [2.24, 2.45) is 0 Å². The number of hydrogen-bond acceptors (Lipinski definition) is 3. The third-order valence-electron chi connectivity index (χ3n) is 3.34. The van der Waals surface area contributed by atoms with Gasteiger partial charge in [-0.3, -0.25) is 0 Å². The first-order valence-corrected chi connectivity index (χ1v) is 7.89. The van der Waals surface area contributed by atoms with Crippen molar-refractivity contribution in [3.63, 3.8) is 0 Å². The molecule has 0 aliphatic carbocycles. The third-order valence-corrected chi connectivity index (χ3v) is 5.43. The molecular formula is C12H16ClFN2O2S. The lowest BCUT2D eigenvalue weighted by molar-refractivity contribution is 0.298. The average Bonchev–Trinajstić information content (AvgIpc) is 2.37. The lowest BCUT2D eigenvalue weighted by Crippen LogP contribution is -2.43. The minimum absolute atomic E-state index is 0.0830. The number of piperidine rings is 1. The van der Waals surface area contributed by atoms with Crippen molar-refractivity contribution in [2.75, 3.05) is 20.1 Å². The molecule has 1 saturated heterocycles. The van der Waals surface area contributed by atoms with Crippen LogP contribution in [0.5, 0.6) is 0 Å². The fourth-order valence-corrected chi connectivity index (χ4v) is 4.02. The quantitative estimate of drug-likeness (QED) is 0.927. The molecule has 1 aliphatic rings. The van der Waals surface area contributed by atoms with Crippen LogP contribution in [0, 0.1) is 5.82 Å². The van der Waals surface area contributed by atoms with E-state index in [4.69, 9.17) is 11.6 Å². The first-order valence-electron chi connectivity index (χ1n) is 6.07. The summed E-state index contributed by atoms with van der Waals surface area (Å²) >= 11 is 5.71. The second kappa shape index (κ2) is 5.75. The van der Waals surface area contributed by atoms with Crippen LogP contribution in [0.2, 0.25) is 5.02 Å². The third kappa shape index (κ3) is 3.25. The van der Waals surface area contributed by atoms with Crippen molar-refractivity contribution >= 4 is 21.6 Å². The van der Waals surface area contributed by atoms with E-state index in [2.05, 4.69) is 5.32 Å². The summed E-state index contributed by atoms with van der Waals surface area (Å²) in [6.07, 6.45) is 1.50. The molecule has 106 valence electrons. The maximum Gasteiger partial charge on any atom is 0.243 e. The smallest absolute Gasteiger partial charge is 0.243 e. The van der Waals surface area contributed by atoms with E-state index in [1.54, 1.807) is 0 Å². The molecule has 1 aromatic carbocycles. The molecule has 0 atom stereocenters. The van der Waals surface area contributed by atoms with Gasteiger partial charge in [-0.05, 0) is 38.1 Å². The molecule has 1 aromatic rings. The summed E-state index contributed by atoms with van der Waals surface area (Å²) in [5.41, 5.74) is 0. The van der Waals surface area contributed by atoms with Crippen molar-refractivity contribution in [3.05, 3.63) is 29.0 Å². The number of rotatable bonds is 3. The minimum Gasteiger partial charge on any atom is -0.317 e. The SMILES string of the molecule is CNC1CCN(S(=O)(=O)c2cc(F)cc(Cl)c2)CC1. The van der Waals surface area contributed by atoms with Gasteiger partial charge in [-0.1, -0.05) is 11.6 Å². The number of nitrogens with zero attached hydrogens (tertiary/aromatic N) is 1. The van der Waals surface area contributed by atoms with Crippen LogP contribution < -0.4 is 5.32 Å². The van der Waals surface area contributed by atoms with Crippen LogP contribution in [0.25, 0.3) is 0 Å². The van der Waals surface area contributed by atoms with Gasteiger partial charge in [0.15, 0.2) is 0 Å². The molecule has 0 unspecified atom stereocenters. The van der Waals surface area contributed by atoms with Crippen LogP contribution in [0.4, 0.5) is 4.39 Å². The Bertz CT molecular complexity index is 537. The maximum absolute atomic E-state index is 13.3. The Morgan fingerprint density at radius 1 is 1.32 bits per heavy atom. The number of hydrogen-bond donors (Lipinski definition) is 1. The van der Waals surface area contributed by atoms with E-state index in [0.29, 0.717) is 19.1 Å². The number of benzene rings is 1. The summed E-state index contributed by atoms with van der Waals surface area (Å²) < 4.78 is 39.4. The fraction of sp³-hybridized carbons (Fsp3) is 0.500. The zero-order valence-electron chi connectivity index (χ0n) is 10.6. The normalized spacial score (nSPS) is 18.7. The van der Waals surface area contributed by atoms with Crippen molar-refractivity contribution in [3.8, 4) is 0 Å². The van der Waals surface area contributed by atoms with Crippen LogP contribution >= 0.6 is 11.6 Å². The number of sulfonamides is 1. The van der Waals surface area contributed by atoms with Crippen molar-refractivity contribution < 1.29 is 12.8 Å². The van der Waals surface area contributed by atoms with E-state index in [1.807, 2.05) is 7.05 Å². The van der Waals surface area contributed by atoms with Crippen LogP contribution in [-0.2, 0) is 10.0 Å². The second-order valence-corrected chi connectivity index (χ2v) is 6.95. The van der Waals surface area contributed by atoms with Crippen molar-refractivity contribution in [2.45, 2.75) is 23.8 Å². The first kappa shape index (κ1) is 14.7. The topological polar surface area (TPSA) is 49.4 Å². The monoisotopic (exact) mass is 306 g/mol. The van der Waals surface area contributed by atoms with Crippen molar-refractivity contribution in [1.82, 2.24) is 9.62 Å². The molecule has 1 heterocycles. The molecule has 0 aromatic heterocycles. The number of halogens is 2. The molecule has 1 N–H and O–H groups in total. The minimum atomic E-state index is -3.66. The lowest BCUT2D eigenvalue weighted by atomic mass is 10.1. The van der Waals surface area contributed by atoms with Gasteiger partial charge < -0.3 is 5.32 Å². The molecule has 1 aliphatic heterocycles. The number of nitrogens with one attached hydrogen (secondary N) is 1. The van der Waals surface area contributed by atoms with Crippen molar-refractivity contribution in [1.29, 1.82) is 0 Å². The molecule has 0 bridgehead atoms. The highest BCUT2D eigenvalue weighted by molar-refractivity contribution is 7.89. The van der Waals surface area contributed by atoms with Gasteiger partial charge >= 0.3 is 0 Å². The molecule has 19 heavy (non-hydrogen) atoms. The van der Waals surface area contributed by atoms with Gasteiger partial charge in [0.2, 0.25) is 10.0 Å². The van der Waals surface area contributed by atoms with E-state index < -0.39 is 15.8 Å². The standard InChI is InChI=1S/C12H16ClFN2O2S/c1-15-11-2-4-16(5-3-11)19(17,18)12-7-9(13)6-10(14)8-12/h6-8,11,15H,2-5H2,1H3. The summed E-state index contributed by atoms with van der Waals surface area (Å²) in [6.45, 7) is 0.865. The fourth-order valence-electron chi connectivity index (χ4n) is 2.21. The highest BCUT2D eigenvalue weighted by atomic mass is 35.5. The Hall–Kier alpha value is -0.690. The van der Waals surface area contributed by atoms with Crippen LogP contribution in [-0.4, -0.2) is 38.9 Å². The lowest BCUT2D eigenvalue weighted by Gasteiger charge is -2.31. The molecule has 0 amide bonds. The van der Waals surface area contributed by atoms with E-state index in [-0.39, 0.29) is 9.92 Å². The Kier molecular flexibility index (Phi) is 4.45. The summed E-state index contributed by atoms with van der Waals surface area (Å²) in [5, 5.41) is 3.22. The predicted molar refractivity (Wildman–Crippen MR) is 72.3 cm³/mol. The molecule has 4 nitrogen and oxygen atoms in total. The van der Waals surface area contributed by atoms with E-state index in [1.165, 1.54) is 10.4 Å². The zero-order valence-corrected chi connectivity index (χ0v) is 12.1. The van der Waals surface area contributed by atoms with E-state index in [9.17, 15) is 12.8 Å². The van der Waals surface area contributed by atoms with Crippen LogP contribution in [0.1, 0.15) is 12.8 Å². The molecule has 0 spiro atoms. The largest absolute Gasteiger partial charge is 0.317 e. The van der Waals surface area contributed by atoms with Gasteiger partial charge in [-0.25, -0.2) is 12.8 Å². The van der Waals surface area contributed by atoms with Gasteiger partial charge in [0, 0.05) is 24.2 Å². The maximum atomic E-state index is 13.3. The van der Waals surface area contributed by atoms with Gasteiger partial charge in [-0.15, -0.1) is 0 Å². The van der Waals surface area contributed by atoms with Gasteiger partial charge in [0.25, 0.3) is 0 Å². The van der Waals surface area contributed by atoms with Gasteiger partial charge in [-0.2, -0.15) is 4.31 Å². The van der Waals surface area contributed by atoms with Gasteiger partial charge in [0.1, 0.15) is 5.82 Å². The Labute approximate surface area is 117 Å². The van der Waals surface area contributed by atoms with Crippen LogP contribution in [0.3, 0.4) is 0 Å². The molecule has 0 saturated carbocycles. The highest BCUT2D eigenvalue weighted by Gasteiger charge is 2.29. The summed E-state index contributed by atoms with van der Waals surface area (Å²) in [7, 11) is -1.80. The Morgan fingerprint density at radius 3 is 2.47 bits per heavy atom. The second-order valence-electron chi connectivity index (χ2n) is 4.57. The predicted octanol–water partition coefficient (Wildman–Crippen LogP) is 1.85. The highest BCUT2D eigenvalue weighted by Crippen LogP contribution is 2.24. The van der Waals surface area contributed by atoms with Crippen LogP contribution in [0.15, 0.2) is 23.1 Å². The summed E-state index contributed by atoms with van der Waals surface area (Å²) in [6, 6.07) is 3.71.